The second-order valence-corrected chi connectivity index (χ2v) is 3.65. The van der Waals surface area contributed by atoms with E-state index >= 15 is 0 Å². The Labute approximate surface area is 105 Å². The van der Waals surface area contributed by atoms with Crippen LogP contribution in [0.2, 0.25) is 0 Å². The predicted octanol–water partition coefficient (Wildman–Crippen LogP) is 2.29. The average molecular weight is 243 g/mol. The van der Waals surface area contributed by atoms with E-state index in [-0.39, 0.29) is 6.61 Å². The first-order valence-corrected chi connectivity index (χ1v) is 5.64. The van der Waals surface area contributed by atoms with Gasteiger partial charge in [0.2, 0.25) is 6.17 Å². The third-order valence-corrected chi connectivity index (χ3v) is 2.56. The molecule has 1 aromatic rings. The van der Waals surface area contributed by atoms with Gasteiger partial charge in [0.15, 0.2) is 0 Å². The summed E-state index contributed by atoms with van der Waals surface area (Å²) in [5, 5.41) is 9.20. The van der Waals surface area contributed by atoms with Gasteiger partial charge in [-0.05, 0) is 19.1 Å². The molecule has 1 amide bonds. The standard InChI is InChI=1S/C13H13N3O2/c1-2-18-13(17)16-9-8-15(12(16)10-14)11-6-4-3-5-7-11/h3-9,12H,2H2,1H3. The van der Waals surface area contributed by atoms with Crippen molar-refractivity contribution in [1.82, 2.24) is 4.90 Å². The van der Waals surface area contributed by atoms with Gasteiger partial charge in [-0.2, -0.15) is 5.26 Å². The Kier molecular flexibility index (Phi) is 3.49. The number of carbonyl (C=O) groups excluding carboxylic acids is 1. The third kappa shape index (κ3) is 2.13. The van der Waals surface area contributed by atoms with Gasteiger partial charge in [0.05, 0.1) is 6.61 Å². The molecule has 2 rings (SSSR count). The molecule has 5 heteroatoms. The van der Waals surface area contributed by atoms with E-state index in [0.717, 1.165) is 5.69 Å². The van der Waals surface area contributed by atoms with Crippen LogP contribution in [-0.2, 0) is 4.74 Å². The first-order valence-electron chi connectivity index (χ1n) is 5.64. The molecule has 1 aromatic carbocycles. The van der Waals surface area contributed by atoms with Crippen LogP contribution in [0.3, 0.4) is 0 Å². The van der Waals surface area contributed by atoms with E-state index in [1.807, 2.05) is 30.3 Å². The van der Waals surface area contributed by atoms with Gasteiger partial charge in [0.25, 0.3) is 0 Å². The topological polar surface area (TPSA) is 56.6 Å². The molecule has 1 aliphatic rings. The molecule has 0 bridgehead atoms. The maximum Gasteiger partial charge on any atom is 0.416 e. The molecular formula is C13H13N3O2. The summed E-state index contributed by atoms with van der Waals surface area (Å²) >= 11 is 0. The molecule has 0 aromatic heterocycles. The lowest BCUT2D eigenvalue weighted by molar-refractivity contribution is 0.119. The Morgan fingerprint density at radius 1 is 1.39 bits per heavy atom. The lowest BCUT2D eigenvalue weighted by Gasteiger charge is -2.25. The van der Waals surface area contributed by atoms with Gasteiger partial charge >= 0.3 is 6.09 Å². The molecule has 0 aliphatic carbocycles. The second-order valence-electron chi connectivity index (χ2n) is 3.65. The van der Waals surface area contributed by atoms with Gasteiger partial charge in [-0.1, -0.05) is 18.2 Å². The molecule has 1 aliphatic heterocycles. The largest absolute Gasteiger partial charge is 0.449 e. The van der Waals surface area contributed by atoms with Crippen LogP contribution >= 0.6 is 0 Å². The van der Waals surface area contributed by atoms with Crippen molar-refractivity contribution in [2.75, 3.05) is 11.5 Å². The van der Waals surface area contributed by atoms with E-state index in [9.17, 15) is 10.1 Å². The van der Waals surface area contributed by atoms with Crippen LogP contribution in [0.4, 0.5) is 10.5 Å². The molecule has 5 nitrogen and oxygen atoms in total. The number of nitriles is 1. The van der Waals surface area contributed by atoms with Crippen molar-refractivity contribution in [3.8, 4) is 6.07 Å². The van der Waals surface area contributed by atoms with Crippen molar-refractivity contribution < 1.29 is 9.53 Å². The highest BCUT2D eigenvalue weighted by Gasteiger charge is 2.32. The summed E-state index contributed by atoms with van der Waals surface area (Å²) in [6.07, 6.45) is 2.03. The Bertz CT molecular complexity index is 493. The van der Waals surface area contributed by atoms with Crippen LogP contribution < -0.4 is 4.90 Å². The molecule has 0 saturated heterocycles. The van der Waals surface area contributed by atoms with E-state index in [0.29, 0.717) is 0 Å². The Balaban J connectivity index is 2.20. The predicted molar refractivity (Wildman–Crippen MR) is 66.3 cm³/mol. The third-order valence-electron chi connectivity index (χ3n) is 2.56. The van der Waals surface area contributed by atoms with E-state index in [1.54, 1.807) is 24.2 Å². The average Bonchev–Trinajstić information content (AvgIpc) is 2.83. The van der Waals surface area contributed by atoms with Gasteiger partial charge in [0.1, 0.15) is 6.07 Å². The molecule has 0 radical (unpaired) electrons. The smallest absolute Gasteiger partial charge is 0.416 e. The molecular weight excluding hydrogens is 230 g/mol. The minimum absolute atomic E-state index is 0.284. The van der Waals surface area contributed by atoms with Crippen LogP contribution in [0.5, 0.6) is 0 Å². The van der Waals surface area contributed by atoms with Crippen LogP contribution in [-0.4, -0.2) is 23.8 Å². The number of ether oxygens (including phenoxy) is 1. The fourth-order valence-electron chi connectivity index (χ4n) is 1.75. The summed E-state index contributed by atoms with van der Waals surface area (Å²) in [7, 11) is 0. The van der Waals surface area contributed by atoms with Crippen molar-refractivity contribution in [3.05, 3.63) is 42.7 Å². The molecule has 18 heavy (non-hydrogen) atoms. The Morgan fingerprint density at radius 2 is 2.11 bits per heavy atom. The number of benzene rings is 1. The van der Waals surface area contributed by atoms with Crippen LogP contribution in [0.1, 0.15) is 6.92 Å². The summed E-state index contributed by atoms with van der Waals surface area (Å²) in [6, 6.07) is 11.5. The molecule has 1 atom stereocenters. The molecule has 92 valence electrons. The maximum atomic E-state index is 11.7. The number of para-hydroxylation sites is 1. The highest BCUT2D eigenvalue weighted by atomic mass is 16.6. The molecule has 1 unspecified atom stereocenters. The minimum atomic E-state index is -0.702. The van der Waals surface area contributed by atoms with Crippen molar-refractivity contribution in [3.63, 3.8) is 0 Å². The lowest BCUT2D eigenvalue weighted by atomic mass is 10.3. The van der Waals surface area contributed by atoms with Gasteiger partial charge < -0.3 is 9.64 Å². The zero-order valence-corrected chi connectivity index (χ0v) is 9.98. The summed E-state index contributed by atoms with van der Waals surface area (Å²) < 4.78 is 4.90. The second kappa shape index (κ2) is 5.23. The summed E-state index contributed by atoms with van der Waals surface area (Å²) in [5.74, 6) is 0. The highest BCUT2D eigenvalue weighted by molar-refractivity contribution is 5.72. The SMILES string of the molecule is CCOC(=O)N1C=CN(c2ccccc2)C1C#N. The molecule has 0 fully saturated rings. The number of nitrogens with zero attached hydrogens (tertiary/aromatic N) is 3. The zero-order chi connectivity index (χ0) is 13.0. The monoisotopic (exact) mass is 243 g/mol. The number of anilines is 1. The first kappa shape index (κ1) is 12.0. The van der Waals surface area contributed by atoms with Gasteiger partial charge in [-0.3, -0.25) is 0 Å². The highest BCUT2D eigenvalue weighted by Crippen LogP contribution is 2.24. The van der Waals surface area contributed by atoms with Crippen molar-refractivity contribution in [2.24, 2.45) is 0 Å². The van der Waals surface area contributed by atoms with E-state index in [1.165, 1.54) is 4.90 Å². The van der Waals surface area contributed by atoms with Crippen LogP contribution in [0.15, 0.2) is 42.7 Å². The van der Waals surface area contributed by atoms with Crippen molar-refractivity contribution >= 4 is 11.8 Å². The summed E-state index contributed by atoms with van der Waals surface area (Å²) in [6.45, 7) is 2.01. The normalized spacial score (nSPS) is 17.7. The first-order chi connectivity index (χ1) is 8.77. The van der Waals surface area contributed by atoms with Crippen molar-refractivity contribution in [1.29, 1.82) is 5.26 Å². The quantitative estimate of drug-likeness (QED) is 0.799. The number of carbonyl (C=O) groups is 1. The minimum Gasteiger partial charge on any atom is -0.449 e. The molecule has 0 spiro atoms. The number of hydrogen-bond donors (Lipinski definition) is 0. The number of hydrogen-bond acceptors (Lipinski definition) is 4. The fraction of sp³-hybridized carbons (Fsp3) is 0.231. The summed E-state index contributed by atoms with van der Waals surface area (Å²) in [5.41, 5.74) is 0.854. The fourth-order valence-corrected chi connectivity index (χ4v) is 1.75. The maximum absolute atomic E-state index is 11.7. The van der Waals surface area contributed by atoms with Gasteiger partial charge in [-0.15, -0.1) is 0 Å². The Morgan fingerprint density at radius 3 is 2.72 bits per heavy atom. The number of rotatable bonds is 2. The summed E-state index contributed by atoms with van der Waals surface area (Å²) in [4.78, 5) is 14.7. The van der Waals surface area contributed by atoms with Gasteiger partial charge in [0, 0.05) is 18.1 Å². The van der Waals surface area contributed by atoms with Crippen molar-refractivity contribution in [2.45, 2.75) is 13.1 Å². The van der Waals surface area contributed by atoms with E-state index in [4.69, 9.17) is 4.74 Å². The molecule has 0 N–H and O–H groups in total. The molecule has 0 saturated carbocycles. The Hall–Kier alpha value is -2.48. The van der Waals surface area contributed by atoms with E-state index < -0.39 is 12.3 Å². The van der Waals surface area contributed by atoms with Crippen LogP contribution in [0, 0.1) is 11.3 Å². The van der Waals surface area contributed by atoms with E-state index in [2.05, 4.69) is 6.07 Å². The lowest BCUT2D eigenvalue weighted by Crippen LogP contribution is -2.41. The van der Waals surface area contributed by atoms with Gasteiger partial charge in [-0.25, -0.2) is 9.69 Å². The molecule has 1 heterocycles. The van der Waals surface area contributed by atoms with Crippen LogP contribution in [0.25, 0.3) is 0 Å². The zero-order valence-electron chi connectivity index (χ0n) is 9.98. The number of amides is 1.